The van der Waals surface area contributed by atoms with E-state index in [2.05, 4.69) is 5.10 Å². The highest BCUT2D eigenvalue weighted by Crippen LogP contribution is 2.19. The van der Waals surface area contributed by atoms with E-state index in [1.807, 2.05) is 0 Å². The molecule has 0 aliphatic heterocycles. The van der Waals surface area contributed by atoms with Gasteiger partial charge in [0.2, 0.25) is 5.78 Å². The fourth-order valence-corrected chi connectivity index (χ4v) is 1.74. The van der Waals surface area contributed by atoms with Crippen LogP contribution in [0.4, 0.5) is 8.78 Å². The van der Waals surface area contributed by atoms with Crippen molar-refractivity contribution in [2.45, 2.75) is 0 Å². The number of ketones is 1. The molecule has 2 aromatic rings. The maximum Gasteiger partial charge on any atom is 0.212 e. The number of rotatable bonds is 2. The Labute approximate surface area is 101 Å². The summed E-state index contributed by atoms with van der Waals surface area (Å²) in [6, 6.07) is 2.60. The molecule has 1 heterocycles. The second-order valence-electron chi connectivity index (χ2n) is 3.45. The van der Waals surface area contributed by atoms with Crippen LogP contribution < -0.4 is 0 Å². The number of carbonyl (C=O) groups excluding carboxylic acids is 1. The highest BCUT2D eigenvalue weighted by atomic mass is 35.5. The van der Waals surface area contributed by atoms with Gasteiger partial charge in [-0.1, -0.05) is 11.6 Å². The Kier molecular flexibility index (Phi) is 2.93. The van der Waals surface area contributed by atoms with Crippen LogP contribution >= 0.6 is 11.6 Å². The molecule has 0 radical (unpaired) electrons. The number of hydrogen-bond acceptors (Lipinski definition) is 2. The number of nitrogens with zero attached hydrogens (tertiary/aromatic N) is 2. The van der Waals surface area contributed by atoms with Crippen LogP contribution in [0.1, 0.15) is 16.1 Å². The third-order valence-electron chi connectivity index (χ3n) is 2.23. The smallest absolute Gasteiger partial charge is 0.212 e. The van der Waals surface area contributed by atoms with Gasteiger partial charge in [-0.15, -0.1) is 0 Å². The third-order valence-corrected chi connectivity index (χ3v) is 2.51. The van der Waals surface area contributed by atoms with E-state index in [0.717, 1.165) is 12.1 Å². The molecule has 3 nitrogen and oxygen atoms in total. The Hall–Kier alpha value is -1.75. The molecule has 0 spiro atoms. The Morgan fingerprint density at radius 3 is 2.35 bits per heavy atom. The summed E-state index contributed by atoms with van der Waals surface area (Å²) in [5, 5.41) is 3.92. The zero-order chi connectivity index (χ0) is 12.6. The molecule has 17 heavy (non-hydrogen) atoms. The lowest BCUT2D eigenvalue weighted by Gasteiger charge is -2.03. The minimum absolute atomic E-state index is 0.0941. The van der Waals surface area contributed by atoms with E-state index in [-0.39, 0.29) is 16.3 Å². The Balaban J connectivity index is 2.51. The fraction of sp³-hybridized carbons (Fsp3) is 0.0909. The molecule has 2 rings (SSSR count). The van der Waals surface area contributed by atoms with Gasteiger partial charge in [0.1, 0.15) is 17.3 Å². The third kappa shape index (κ3) is 2.19. The molecule has 0 N–H and O–H groups in total. The van der Waals surface area contributed by atoms with E-state index in [4.69, 9.17) is 11.6 Å². The molecule has 0 bridgehead atoms. The average molecular weight is 257 g/mol. The largest absolute Gasteiger partial charge is 0.287 e. The van der Waals surface area contributed by atoms with Crippen molar-refractivity contribution in [2.75, 3.05) is 0 Å². The van der Waals surface area contributed by atoms with Crippen LogP contribution in [0.5, 0.6) is 0 Å². The Morgan fingerprint density at radius 1 is 1.29 bits per heavy atom. The average Bonchev–Trinajstić information content (AvgIpc) is 2.56. The second-order valence-corrected chi connectivity index (χ2v) is 3.86. The van der Waals surface area contributed by atoms with E-state index in [0.29, 0.717) is 6.07 Å². The normalized spacial score (nSPS) is 10.6. The van der Waals surface area contributed by atoms with Gasteiger partial charge in [-0.25, -0.2) is 8.78 Å². The van der Waals surface area contributed by atoms with Crippen molar-refractivity contribution in [3.8, 4) is 0 Å². The first-order valence-electron chi connectivity index (χ1n) is 4.67. The molecule has 0 atom stereocenters. The summed E-state index contributed by atoms with van der Waals surface area (Å²) >= 11 is 5.78. The van der Waals surface area contributed by atoms with E-state index in [9.17, 15) is 13.6 Å². The number of halogens is 3. The number of aromatic nitrogens is 2. The molecule has 0 fully saturated rings. The molecule has 1 aromatic carbocycles. The summed E-state index contributed by atoms with van der Waals surface area (Å²) in [7, 11) is 1.52. The van der Waals surface area contributed by atoms with Gasteiger partial charge in [0.15, 0.2) is 0 Å². The summed E-state index contributed by atoms with van der Waals surface area (Å²) in [6.07, 6.45) is 1.30. The SMILES string of the molecule is Cn1ncc(Cl)c1C(=O)c1cc(F)cc(F)c1. The van der Waals surface area contributed by atoms with Gasteiger partial charge in [0.05, 0.1) is 11.2 Å². The molecule has 88 valence electrons. The zero-order valence-corrected chi connectivity index (χ0v) is 9.50. The van der Waals surface area contributed by atoms with Gasteiger partial charge in [0, 0.05) is 18.7 Å². The summed E-state index contributed by atoms with van der Waals surface area (Å²) in [5.41, 5.74) is -0.00957. The maximum atomic E-state index is 13.0. The van der Waals surface area contributed by atoms with Crippen molar-refractivity contribution in [3.63, 3.8) is 0 Å². The van der Waals surface area contributed by atoms with E-state index >= 15 is 0 Å². The molecule has 1 aromatic heterocycles. The first kappa shape index (κ1) is 11.7. The first-order valence-corrected chi connectivity index (χ1v) is 5.05. The molecular formula is C11H7ClF2N2O. The van der Waals surface area contributed by atoms with Crippen molar-refractivity contribution in [3.05, 3.63) is 52.3 Å². The summed E-state index contributed by atoms with van der Waals surface area (Å²) in [6.45, 7) is 0. The lowest BCUT2D eigenvalue weighted by atomic mass is 10.1. The highest BCUT2D eigenvalue weighted by molar-refractivity contribution is 6.34. The quantitative estimate of drug-likeness (QED) is 0.774. The number of hydrogen-bond donors (Lipinski definition) is 0. The molecule has 6 heteroatoms. The van der Waals surface area contributed by atoms with Crippen molar-refractivity contribution in [1.82, 2.24) is 9.78 Å². The van der Waals surface area contributed by atoms with Gasteiger partial charge in [-0.3, -0.25) is 9.48 Å². The van der Waals surface area contributed by atoms with Crippen LogP contribution in [-0.2, 0) is 7.05 Å². The van der Waals surface area contributed by atoms with Crippen LogP contribution in [0, 0.1) is 11.6 Å². The van der Waals surface area contributed by atoms with Crippen molar-refractivity contribution in [2.24, 2.45) is 7.05 Å². The van der Waals surface area contributed by atoms with Gasteiger partial charge < -0.3 is 0 Å². The van der Waals surface area contributed by atoms with Crippen molar-refractivity contribution >= 4 is 17.4 Å². The molecule has 0 saturated heterocycles. The van der Waals surface area contributed by atoms with Gasteiger partial charge >= 0.3 is 0 Å². The van der Waals surface area contributed by atoms with E-state index < -0.39 is 17.4 Å². The summed E-state index contributed by atoms with van der Waals surface area (Å²) < 4.78 is 27.2. The predicted octanol–water partition coefficient (Wildman–Crippen LogP) is 2.58. The maximum absolute atomic E-state index is 13.0. The monoisotopic (exact) mass is 256 g/mol. The highest BCUT2D eigenvalue weighted by Gasteiger charge is 2.18. The minimum atomic E-state index is -0.813. The summed E-state index contributed by atoms with van der Waals surface area (Å²) in [4.78, 5) is 12.0. The first-order chi connectivity index (χ1) is 7.99. The van der Waals surface area contributed by atoms with Crippen molar-refractivity contribution < 1.29 is 13.6 Å². The van der Waals surface area contributed by atoms with E-state index in [1.165, 1.54) is 17.9 Å². The van der Waals surface area contributed by atoms with E-state index in [1.54, 1.807) is 0 Å². The minimum Gasteiger partial charge on any atom is -0.287 e. The van der Waals surface area contributed by atoms with Crippen LogP contribution in [0.2, 0.25) is 5.02 Å². The lowest BCUT2D eigenvalue weighted by Crippen LogP contribution is -2.09. The van der Waals surface area contributed by atoms with Gasteiger partial charge in [-0.05, 0) is 12.1 Å². The topological polar surface area (TPSA) is 34.9 Å². The van der Waals surface area contributed by atoms with Gasteiger partial charge in [0.25, 0.3) is 0 Å². The summed E-state index contributed by atoms with van der Waals surface area (Å²) in [5.74, 6) is -2.20. The Morgan fingerprint density at radius 2 is 1.88 bits per heavy atom. The van der Waals surface area contributed by atoms with Crippen molar-refractivity contribution in [1.29, 1.82) is 0 Å². The number of aryl methyl sites for hydroxylation is 1. The molecule has 0 unspecified atom stereocenters. The van der Waals surface area contributed by atoms with Crippen LogP contribution in [0.15, 0.2) is 24.4 Å². The fourth-order valence-electron chi connectivity index (χ4n) is 1.49. The molecular weight excluding hydrogens is 250 g/mol. The molecule has 0 aliphatic carbocycles. The number of benzene rings is 1. The molecule has 0 amide bonds. The molecule has 0 saturated carbocycles. The van der Waals surface area contributed by atoms with Crippen LogP contribution in [0.3, 0.4) is 0 Å². The second kappa shape index (κ2) is 4.25. The number of carbonyl (C=O) groups is 1. The molecule has 0 aliphatic rings. The Bertz CT molecular complexity index is 555. The lowest BCUT2D eigenvalue weighted by molar-refractivity contribution is 0.102. The van der Waals surface area contributed by atoms with Crippen LogP contribution in [0.25, 0.3) is 0 Å². The standard InChI is InChI=1S/C11H7ClF2N2O/c1-16-10(9(12)5-15-16)11(17)6-2-7(13)4-8(14)3-6/h2-5H,1H3. The predicted molar refractivity (Wildman–Crippen MR) is 58.0 cm³/mol. The van der Waals surface area contributed by atoms with Gasteiger partial charge in [-0.2, -0.15) is 5.10 Å². The zero-order valence-electron chi connectivity index (χ0n) is 8.75. The van der Waals surface area contributed by atoms with Crippen LogP contribution in [-0.4, -0.2) is 15.6 Å².